The molecular formula is C34H38ClF2N5O3. The first-order valence-corrected chi connectivity index (χ1v) is 15.8. The number of hydrogen-bond donors (Lipinski definition) is 1. The second kappa shape index (κ2) is 12.2. The van der Waals surface area contributed by atoms with Gasteiger partial charge in [-0.05, 0) is 68.1 Å². The Morgan fingerprint density at radius 3 is 2.64 bits per heavy atom. The molecule has 4 aromatic rings. The van der Waals surface area contributed by atoms with Crippen molar-refractivity contribution in [1.29, 1.82) is 0 Å². The Bertz CT molecular complexity index is 1770. The highest BCUT2D eigenvalue weighted by molar-refractivity contribution is 6.35. The number of phenolic OH excluding ortho intramolecular Hbond substituents is 1. The zero-order valence-electron chi connectivity index (χ0n) is 26.0. The van der Waals surface area contributed by atoms with Crippen molar-refractivity contribution >= 4 is 45.0 Å². The number of ether oxygens (including phenoxy) is 1. The summed E-state index contributed by atoms with van der Waals surface area (Å²) in [5.74, 6) is -0.194. The first-order chi connectivity index (χ1) is 21.4. The predicted molar refractivity (Wildman–Crippen MR) is 173 cm³/mol. The lowest BCUT2D eigenvalue weighted by molar-refractivity contribution is -0.131. The average molecular weight is 638 g/mol. The van der Waals surface area contributed by atoms with Gasteiger partial charge in [0.05, 0.1) is 11.6 Å². The molecular weight excluding hydrogens is 600 g/mol. The van der Waals surface area contributed by atoms with E-state index in [0.717, 1.165) is 10.8 Å². The molecule has 1 N–H and O–H groups in total. The minimum absolute atomic E-state index is 0.00582. The minimum Gasteiger partial charge on any atom is -0.508 e. The van der Waals surface area contributed by atoms with Crippen LogP contribution in [-0.2, 0) is 4.79 Å². The lowest BCUT2D eigenvalue weighted by Gasteiger charge is -2.44. The highest BCUT2D eigenvalue weighted by Gasteiger charge is 2.34. The molecule has 6 rings (SSSR count). The van der Waals surface area contributed by atoms with Crippen LogP contribution in [0.15, 0.2) is 42.5 Å². The number of alkyl halides is 1. The van der Waals surface area contributed by atoms with Crippen LogP contribution in [0.2, 0.25) is 5.02 Å². The van der Waals surface area contributed by atoms with E-state index < -0.39 is 11.5 Å². The fraction of sp³-hybridized carbons (Fsp3) is 0.441. The summed E-state index contributed by atoms with van der Waals surface area (Å²) in [6, 6.07) is 12.0. The third-order valence-corrected chi connectivity index (χ3v) is 9.27. The number of aromatic hydroxyl groups is 1. The smallest absolute Gasteiger partial charge is 0.319 e. The maximum absolute atomic E-state index is 16.8. The first kappa shape index (κ1) is 31.2. The van der Waals surface area contributed by atoms with Crippen LogP contribution in [0.1, 0.15) is 40.5 Å². The maximum Gasteiger partial charge on any atom is 0.319 e. The van der Waals surface area contributed by atoms with E-state index in [0.29, 0.717) is 62.3 Å². The van der Waals surface area contributed by atoms with Crippen molar-refractivity contribution in [2.45, 2.75) is 58.3 Å². The molecule has 1 aromatic heterocycles. The van der Waals surface area contributed by atoms with Gasteiger partial charge < -0.3 is 19.6 Å². The monoisotopic (exact) mass is 637 g/mol. The Morgan fingerprint density at radius 2 is 1.91 bits per heavy atom. The molecule has 2 fully saturated rings. The number of nitrogens with zero attached hydrogens (tertiary/aromatic N) is 5. The molecule has 2 saturated heterocycles. The van der Waals surface area contributed by atoms with Gasteiger partial charge in [0, 0.05) is 62.7 Å². The highest BCUT2D eigenvalue weighted by Crippen LogP contribution is 2.43. The largest absolute Gasteiger partial charge is 0.508 e. The maximum atomic E-state index is 16.8. The SMILES string of the molecule is CC(=O)N1C[C@H](C)N(c2nc(OCCCN3CCC(C)(F)C3)nc3c(F)c(-c4cc(O)cc5ccccc45)c(Cl)cc23)C[C@H]1C. The number of amides is 1. The van der Waals surface area contributed by atoms with Crippen LogP contribution in [0, 0.1) is 5.82 Å². The Balaban J connectivity index is 1.41. The molecule has 3 heterocycles. The zero-order chi connectivity index (χ0) is 32.0. The van der Waals surface area contributed by atoms with Gasteiger partial charge in [0.1, 0.15) is 22.8 Å². The molecule has 2 aliphatic heterocycles. The van der Waals surface area contributed by atoms with Crippen molar-refractivity contribution in [2.24, 2.45) is 0 Å². The van der Waals surface area contributed by atoms with E-state index >= 15 is 4.39 Å². The van der Waals surface area contributed by atoms with E-state index in [1.54, 1.807) is 26.0 Å². The Labute approximate surface area is 266 Å². The molecule has 45 heavy (non-hydrogen) atoms. The van der Waals surface area contributed by atoms with Gasteiger partial charge in [-0.15, -0.1) is 0 Å². The summed E-state index contributed by atoms with van der Waals surface area (Å²) in [6.45, 7) is 10.1. The van der Waals surface area contributed by atoms with Crippen molar-refractivity contribution in [3.63, 3.8) is 0 Å². The van der Waals surface area contributed by atoms with Gasteiger partial charge in [-0.2, -0.15) is 9.97 Å². The van der Waals surface area contributed by atoms with Crippen LogP contribution in [0.5, 0.6) is 11.8 Å². The molecule has 3 atom stereocenters. The minimum atomic E-state index is -1.17. The molecule has 8 nitrogen and oxygen atoms in total. The zero-order valence-corrected chi connectivity index (χ0v) is 26.7. The Morgan fingerprint density at radius 1 is 1.13 bits per heavy atom. The number of phenols is 1. The molecule has 1 unspecified atom stereocenters. The summed E-state index contributed by atoms with van der Waals surface area (Å²) >= 11 is 6.85. The van der Waals surface area contributed by atoms with E-state index in [9.17, 15) is 14.3 Å². The molecule has 0 spiro atoms. The summed E-state index contributed by atoms with van der Waals surface area (Å²) in [6.07, 6.45) is 1.14. The number of halogens is 3. The van der Waals surface area contributed by atoms with Crippen LogP contribution >= 0.6 is 11.6 Å². The second-order valence-electron chi connectivity index (χ2n) is 12.7. The van der Waals surface area contributed by atoms with Crippen LogP contribution < -0.4 is 9.64 Å². The fourth-order valence-corrected chi connectivity index (χ4v) is 7.00. The second-order valence-corrected chi connectivity index (χ2v) is 13.1. The van der Waals surface area contributed by atoms with Crippen LogP contribution in [-0.4, -0.2) is 87.9 Å². The average Bonchev–Trinajstić information content (AvgIpc) is 3.34. The molecule has 3 aromatic carbocycles. The number of hydrogen-bond acceptors (Lipinski definition) is 7. The normalized spacial score (nSPS) is 22.5. The number of carbonyl (C=O) groups is 1. The van der Waals surface area contributed by atoms with E-state index in [2.05, 4.69) is 9.88 Å². The van der Waals surface area contributed by atoms with Crippen molar-refractivity contribution in [2.75, 3.05) is 44.2 Å². The van der Waals surface area contributed by atoms with E-state index in [-0.39, 0.29) is 52.5 Å². The summed E-state index contributed by atoms with van der Waals surface area (Å²) in [7, 11) is 0. The number of fused-ring (bicyclic) bond motifs is 2. The van der Waals surface area contributed by atoms with Gasteiger partial charge >= 0.3 is 6.01 Å². The molecule has 0 saturated carbocycles. The summed E-state index contributed by atoms with van der Waals surface area (Å²) in [4.78, 5) is 27.5. The number of benzene rings is 3. The van der Waals surface area contributed by atoms with Crippen LogP contribution in [0.4, 0.5) is 14.6 Å². The van der Waals surface area contributed by atoms with Crippen LogP contribution in [0.25, 0.3) is 32.8 Å². The van der Waals surface area contributed by atoms with E-state index in [4.69, 9.17) is 21.3 Å². The number of aromatic nitrogens is 2. The number of piperazine rings is 1. The standard InChI is InChI=1S/C34H38ClF2N5O3/c1-20-18-42(21(2)17-41(20)22(3)43)32-27-16-28(35)29(26-15-24(44)14-23-8-5-6-9-25(23)26)30(36)31(27)38-33(39-32)45-13-7-11-40-12-10-34(4,37)19-40/h5-6,8-9,14-16,20-21,44H,7,10-13,17-19H2,1-4H3/t20-,21+,34?/m1/s1. The third kappa shape index (κ3) is 6.22. The van der Waals surface area contributed by atoms with E-state index in [1.807, 2.05) is 47.9 Å². The van der Waals surface area contributed by atoms with Gasteiger partial charge in [-0.25, -0.2) is 8.78 Å². The molecule has 2 aliphatic rings. The Kier molecular flexibility index (Phi) is 8.47. The number of rotatable bonds is 7. The third-order valence-electron chi connectivity index (χ3n) is 8.97. The first-order valence-electron chi connectivity index (χ1n) is 15.4. The van der Waals surface area contributed by atoms with Gasteiger partial charge in [-0.3, -0.25) is 9.69 Å². The molecule has 0 radical (unpaired) electrons. The highest BCUT2D eigenvalue weighted by atomic mass is 35.5. The van der Waals surface area contributed by atoms with Gasteiger partial charge in [0.25, 0.3) is 0 Å². The van der Waals surface area contributed by atoms with Crippen LogP contribution in [0.3, 0.4) is 0 Å². The Hall–Kier alpha value is -3.76. The number of carbonyl (C=O) groups excluding carboxylic acids is 1. The summed E-state index contributed by atoms with van der Waals surface area (Å²) in [5, 5.41) is 12.6. The summed E-state index contributed by atoms with van der Waals surface area (Å²) < 4.78 is 37.1. The van der Waals surface area contributed by atoms with Crippen molar-refractivity contribution < 1.29 is 23.4 Å². The van der Waals surface area contributed by atoms with Crippen molar-refractivity contribution in [3.05, 3.63) is 53.3 Å². The van der Waals surface area contributed by atoms with Gasteiger partial charge in [0.2, 0.25) is 5.91 Å². The lowest BCUT2D eigenvalue weighted by atomic mass is 9.96. The van der Waals surface area contributed by atoms with Crippen molar-refractivity contribution in [3.8, 4) is 22.9 Å². The van der Waals surface area contributed by atoms with Crippen molar-refractivity contribution in [1.82, 2.24) is 19.8 Å². The molecule has 1 amide bonds. The number of likely N-dealkylation sites (tertiary alicyclic amines) is 1. The predicted octanol–water partition coefficient (Wildman–Crippen LogP) is 6.60. The molecule has 238 valence electrons. The fourth-order valence-electron chi connectivity index (χ4n) is 6.71. The van der Waals surface area contributed by atoms with Gasteiger partial charge in [0.15, 0.2) is 5.82 Å². The van der Waals surface area contributed by atoms with Gasteiger partial charge in [-0.1, -0.05) is 35.9 Å². The molecule has 0 bridgehead atoms. The van der Waals surface area contributed by atoms with E-state index in [1.165, 1.54) is 6.07 Å². The molecule has 11 heteroatoms. The summed E-state index contributed by atoms with van der Waals surface area (Å²) in [5.41, 5.74) is -0.559. The topological polar surface area (TPSA) is 82.0 Å². The molecule has 0 aliphatic carbocycles. The lowest BCUT2D eigenvalue weighted by Crippen LogP contribution is -2.58. The number of anilines is 1. The quantitative estimate of drug-likeness (QED) is 0.229.